The molecule has 21 heavy (non-hydrogen) atoms. The summed E-state index contributed by atoms with van der Waals surface area (Å²) in [6.07, 6.45) is 2.28. The van der Waals surface area contributed by atoms with Crippen LogP contribution in [0.5, 0.6) is 0 Å². The van der Waals surface area contributed by atoms with E-state index in [9.17, 15) is 13.2 Å². The Morgan fingerprint density at radius 3 is 3.05 bits per heavy atom. The number of carbonyl (C=O) groups is 1. The molecule has 0 aromatic carbocycles. The molecule has 8 nitrogen and oxygen atoms in total. The summed E-state index contributed by atoms with van der Waals surface area (Å²) < 4.78 is 28.0. The van der Waals surface area contributed by atoms with Crippen LogP contribution < -0.4 is 10.5 Å². The SMILES string of the molecule is N[C@@H](CCNS(=O)(=O)N1CCc2cccnc2C1)C(=O)O. The number of carboxylic acids is 1. The average molecular weight is 314 g/mol. The highest BCUT2D eigenvalue weighted by Gasteiger charge is 2.27. The molecule has 1 aliphatic rings. The molecular formula is C12H18N4O4S. The molecule has 2 rings (SSSR count). The summed E-state index contributed by atoms with van der Waals surface area (Å²) in [7, 11) is -3.65. The average Bonchev–Trinajstić information content (AvgIpc) is 2.46. The number of aromatic nitrogens is 1. The fourth-order valence-corrected chi connectivity index (χ4v) is 3.28. The first-order valence-electron chi connectivity index (χ1n) is 6.56. The number of fused-ring (bicyclic) bond motifs is 1. The summed E-state index contributed by atoms with van der Waals surface area (Å²) in [5, 5.41) is 8.65. The number of hydrogen-bond acceptors (Lipinski definition) is 5. The number of hydrogen-bond donors (Lipinski definition) is 3. The molecule has 0 aliphatic carbocycles. The highest BCUT2D eigenvalue weighted by Crippen LogP contribution is 2.18. The predicted octanol–water partition coefficient (Wildman–Crippen LogP) is -0.924. The van der Waals surface area contributed by atoms with Crippen LogP contribution in [0.4, 0.5) is 0 Å². The van der Waals surface area contributed by atoms with Crippen LogP contribution in [0.15, 0.2) is 18.3 Å². The Bertz CT molecular complexity index is 619. The summed E-state index contributed by atoms with van der Waals surface area (Å²) >= 11 is 0. The maximum atomic E-state index is 12.1. The standard InChI is InChI=1S/C12H18N4O4S/c13-10(12(17)18)3-6-15-21(19,20)16-7-4-9-2-1-5-14-11(9)8-16/h1-2,5,10,15H,3-4,6-8,13H2,(H,17,18)/t10-/m0/s1. The van der Waals surface area contributed by atoms with E-state index >= 15 is 0 Å². The predicted molar refractivity (Wildman–Crippen MR) is 75.5 cm³/mol. The van der Waals surface area contributed by atoms with E-state index in [4.69, 9.17) is 10.8 Å². The molecule has 0 saturated carbocycles. The Balaban J connectivity index is 1.94. The van der Waals surface area contributed by atoms with E-state index in [1.165, 1.54) is 4.31 Å². The van der Waals surface area contributed by atoms with E-state index in [1.54, 1.807) is 6.20 Å². The van der Waals surface area contributed by atoms with Gasteiger partial charge in [0.15, 0.2) is 0 Å². The third-order valence-electron chi connectivity index (χ3n) is 3.34. The lowest BCUT2D eigenvalue weighted by molar-refractivity contribution is -0.138. The van der Waals surface area contributed by atoms with Gasteiger partial charge in [0.1, 0.15) is 6.04 Å². The van der Waals surface area contributed by atoms with Crippen LogP contribution in [-0.4, -0.2) is 47.9 Å². The molecule has 0 radical (unpaired) electrons. The van der Waals surface area contributed by atoms with Crippen molar-refractivity contribution in [1.82, 2.24) is 14.0 Å². The summed E-state index contributed by atoms with van der Waals surface area (Å²) in [6, 6.07) is 2.69. The molecule has 0 amide bonds. The van der Waals surface area contributed by atoms with Gasteiger partial charge >= 0.3 is 5.97 Å². The van der Waals surface area contributed by atoms with Crippen LogP contribution in [0.2, 0.25) is 0 Å². The molecule has 0 unspecified atom stereocenters. The Morgan fingerprint density at radius 2 is 2.33 bits per heavy atom. The summed E-state index contributed by atoms with van der Waals surface area (Å²) in [5.74, 6) is -1.15. The van der Waals surface area contributed by atoms with Gasteiger partial charge in [-0.15, -0.1) is 0 Å². The van der Waals surface area contributed by atoms with Gasteiger partial charge in [-0.3, -0.25) is 9.78 Å². The van der Waals surface area contributed by atoms with Gasteiger partial charge in [-0.05, 0) is 24.5 Å². The number of nitrogens with zero attached hydrogens (tertiary/aromatic N) is 2. The van der Waals surface area contributed by atoms with Crippen molar-refractivity contribution in [3.63, 3.8) is 0 Å². The molecule has 1 aromatic heterocycles. The molecule has 0 bridgehead atoms. The van der Waals surface area contributed by atoms with Crippen LogP contribution >= 0.6 is 0 Å². The topological polar surface area (TPSA) is 126 Å². The van der Waals surface area contributed by atoms with Crippen molar-refractivity contribution >= 4 is 16.2 Å². The van der Waals surface area contributed by atoms with Crippen LogP contribution in [0.1, 0.15) is 17.7 Å². The maximum Gasteiger partial charge on any atom is 0.320 e. The number of nitrogens with one attached hydrogen (secondary N) is 1. The van der Waals surface area contributed by atoms with E-state index in [0.717, 1.165) is 11.3 Å². The Labute approximate surface area is 123 Å². The number of carboxylic acid groups (broad SMARTS) is 1. The molecule has 1 aliphatic heterocycles. The van der Waals surface area contributed by atoms with Gasteiger partial charge in [0.05, 0.1) is 12.2 Å². The third-order valence-corrected chi connectivity index (χ3v) is 4.90. The van der Waals surface area contributed by atoms with Crippen molar-refractivity contribution in [3.05, 3.63) is 29.6 Å². The Kier molecular flexibility index (Phi) is 4.88. The summed E-state index contributed by atoms with van der Waals surface area (Å²) in [4.78, 5) is 14.8. The monoisotopic (exact) mass is 314 g/mol. The smallest absolute Gasteiger partial charge is 0.320 e. The number of aliphatic carboxylic acids is 1. The zero-order chi connectivity index (χ0) is 15.5. The summed E-state index contributed by atoms with van der Waals surface area (Å²) in [5.41, 5.74) is 7.13. The minimum Gasteiger partial charge on any atom is -0.480 e. The minimum atomic E-state index is -3.65. The lowest BCUT2D eigenvalue weighted by Crippen LogP contribution is -2.45. The van der Waals surface area contributed by atoms with Crippen molar-refractivity contribution in [2.24, 2.45) is 5.73 Å². The lowest BCUT2D eigenvalue weighted by atomic mass is 10.1. The molecule has 4 N–H and O–H groups in total. The van der Waals surface area contributed by atoms with Crippen LogP contribution in [0, 0.1) is 0 Å². The quantitative estimate of drug-likeness (QED) is 0.623. The molecule has 0 fully saturated rings. The minimum absolute atomic E-state index is 0.0125. The van der Waals surface area contributed by atoms with Gasteiger partial charge in [0, 0.05) is 19.3 Å². The van der Waals surface area contributed by atoms with Gasteiger partial charge < -0.3 is 10.8 Å². The second-order valence-corrected chi connectivity index (χ2v) is 6.58. The lowest BCUT2D eigenvalue weighted by Gasteiger charge is -2.27. The van der Waals surface area contributed by atoms with Gasteiger partial charge in [-0.1, -0.05) is 6.07 Å². The van der Waals surface area contributed by atoms with Gasteiger partial charge in [0.2, 0.25) is 0 Å². The van der Waals surface area contributed by atoms with Gasteiger partial charge in [0.25, 0.3) is 10.2 Å². The summed E-state index contributed by atoms with van der Waals surface area (Å²) in [6.45, 7) is 0.580. The first kappa shape index (κ1) is 15.8. The van der Waals surface area contributed by atoms with E-state index < -0.39 is 22.2 Å². The molecule has 1 aromatic rings. The van der Waals surface area contributed by atoms with Crippen LogP contribution in [-0.2, 0) is 28.0 Å². The van der Waals surface area contributed by atoms with Gasteiger partial charge in [-0.2, -0.15) is 12.7 Å². The second kappa shape index (κ2) is 6.48. The van der Waals surface area contributed by atoms with E-state index in [-0.39, 0.29) is 19.5 Å². The van der Waals surface area contributed by atoms with Crippen molar-refractivity contribution in [2.75, 3.05) is 13.1 Å². The number of nitrogens with two attached hydrogens (primary N) is 1. The molecule has 2 heterocycles. The maximum absolute atomic E-state index is 12.1. The zero-order valence-corrected chi connectivity index (χ0v) is 12.2. The second-order valence-electron chi connectivity index (χ2n) is 4.83. The molecule has 9 heteroatoms. The third kappa shape index (κ3) is 3.97. The number of rotatable bonds is 6. The highest BCUT2D eigenvalue weighted by molar-refractivity contribution is 7.87. The molecule has 1 atom stereocenters. The first-order chi connectivity index (χ1) is 9.90. The fourth-order valence-electron chi connectivity index (χ4n) is 2.10. The fraction of sp³-hybridized carbons (Fsp3) is 0.500. The van der Waals surface area contributed by atoms with Crippen molar-refractivity contribution in [3.8, 4) is 0 Å². The largest absolute Gasteiger partial charge is 0.480 e. The molecular weight excluding hydrogens is 296 g/mol. The highest BCUT2D eigenvalue weighted by atomic mass is 32.2. The van der Waals surface area contributed by atoms with Crippen LogP contribution in [0.3, 0.4) is 0 Å². The van der Waals surface area contributed by atoms with Gasteiger partial charge in [-0.25, -0.2) is 4.72 Å². The Morgan fingerprint density at radius 1 is 1.57 bits per heavy atom. The molecule has 116 valence electrons. The van der Waals surface area contributed by atoms with Crippen molar-refractivity contribution in [1.29, 1.82) is 0 Å². The van der Waals surface area contributed by atoms with E-state index in [0.29, 0.717) is 13.0 Å². The molecule has 0 saturated heterocycles. The van der Waals surface area contributed by atoms with Crippen LogP contribution in [0.25, 0.3) is 0 Å². The number of pyridine rings is 1. The Hall–Kier alpha value is -1.55. The van der Waals surface area contributed by atoms with Crippen molar-refractivity contribution < 1.29 is 18.3 Å². The van der Waals surface area contributed by atoms with E-state index in [2.05, 4.69) is 9.71 Å². The first-order valence-corrected chi connectivity index (χ1v) is 8.00. The molecule has 0 spiro atoms. The van der Waals surface area contributed by atoms with E-state index in [1.807, 2.05) is 12.1 Å². The zero-order valence-electron chi connectivity index (χ0n) is 11.4. The van der Waals surface area contributed by atoms with Crippen molar-refractivity contribution in [2.45, 2.75) is 25.4 Å². The normalized spacial score (nSPS) is 17.2.